The van der Waals surface area contributed by atoms with Crippen LogP contribution in [-0.2, 0) is 0 Å². The molecule has 1 N–H and O–H groups in total. The van der Waals surface area contributed by atoms with E-state index in [0.29, 0.717) is 0 Å². The van der Waals surface area contributed by atoms with Crippen LogP contribution in [0.3, 0.4) is 0 Å². The molecule has 0 radical (unpaired) electrons. The van der Waals surface area contributed by atoms with E-state index in [-0.39, 0.29) is 0 Å². The molecule has 0 aromatic heterocycles. The van der Waals surface area contributed by atoms with Crippen molar-refractivity contribution in [1.29, 1.82) is 0 Å². The van der Waals surface area contributed by atoms with E-state index in [1.807, 2.05) is 4.90 Å². The SMILES string of the molecule is CCCCCCCCCCCCCCCC[NH+]1CCC(C)C1.[F][Sb-]([F])([F])([F])([F])[F]. The Hall–Kier alpha value is 0.358. The van der Waals surface area contributed by atoms with Crippen LogP contribution in [0.4, 0.5) is 16.9 Å². The van der Waals surface area contributed by atoms with Crippen molar-refractivity contribution < 1.29 is 21.8 Å². The number of likely N-dealkylation sites (tertiary alicyclic amines) is 1. The van der Waals surface area contributed by atoms with Crippen LogP contribution in [0.5, 0.6) is 0 Å². The third-order valence-corrected chi connectivity index (χ3v) is 5.51. The van der Waals surface area contributed by atoms with Gasteiger partial charge in [0.05, 0.1) is 19.6 Å². The molecule has 180 valence electrons. The number of nitrogens with one attached hydrogen (secondary N) is 1. The van der Waals surface area contributed by atoms with Gasteiger partial charge in [-0.15, -0.1) is 0 Å². The van der Waals surface area contributed by atoms with Gasteiger partial charge in [0.1, 0.15) is 0 Å². The molecule has 0 saturated carbocycles. The first-order valence-electron chi connectivity index (χ1n) is 11.7. The fraction of sp³-hybridized carbons (Fsp3) is 1.00. The van der Waals surface area contributed by atoms with Crippen molar-refractivity contribution in [3.63, 3.8) is 0 Å². The van der Waals surface area contributed by atoms with Crippen molar-refractivity contribution >= 4 is 19.5 Å². The number of halogens is 6. The molecule has 1 aliphatic rings. The summed E-state index contributed by atoms with van der Waals surface area (Å²) in [5.74, 6) is 0.988. The molecule has 1 fully saturated rings. The Morgan fingerprint density at radius 3 is 1.31 bits per heavy atom. The van der Waals surface area contributed by atoms with Gasteiger partial charge in [-0.3, -0.25) is 0 Å². The van der Waals surface area contributed by atoms with Gasteiger partial charge in [0.2, 0.25) is 0 Å². The first kappa shape index (κ1) is 29.4. The summed E-state index contributed by atoms with van der Waals surface area (Å²) in [6.07, 6.45) is 22.1. The van der Waals surface area contributed by atoms with E-state index >= 15 is 0 Å². The molecule has 2 atom stereocenters. The average molecular weight is 546 g/mol. The second kappa shape index (κ2) is 13.7. The first-order chi connectivity index (χ1) is 13.3. The molecule has 1 aliphatic heterocycles. The molecule has 1 rings (SSSR count). The molecule has 0 amide bonds. The third kappa shape index (κ3) is 30.6. The summed E-state index contributed by atoms with van der Waals surface area (Å²) in [5, 5.41) is 0. The molecule has 0 aromatic carbocycles. The average Bonchev–Trinajstić information content (AvgIpc) is 2.97. The quantitative estimate of drug-likeness (QED) is 0.123. The van der Waals surface area contributed by atoms with E-state index in [1.165, 1.54) is 116 Å². The van der Waals surface area contributed by atoms with Crippen molar-refractivity contribution in [3.8, 4) is 0 Å². The van der Waals surface area contributed by atoms with Crippen LogP contribution in [0.15, 0.2) is 0 Å². The number of unbranched alkanes of at least 4 members (excludes halogenated alkanes) is 13. The minimum absolute atomic E-state index is 0.988. The van der Waals surface area contributed by atoms with Gasteiger partial charge in [-0.05, 0) is 12.8 Å². The monoisotopic (exact) mass is 545 g/mol. The maximum atomic E-state index is 9.93. The second-order valence-electron chi connectivity index (χ2n) is 8.90. The molecule has 0 spiro atoms. The van der Waals surface area contributed by atoms with Crippen molar-refractivity contribution in [2.75, 3.05) is 19.6 Å². The van der Waals surface area contributed by atoms with Gasteiger partial charge in [-0.2, -0.15) is 0 Å². The summed E-state index contributed by atoms with van der Waals surface area (Å²) in [6.45, 7) is 9.05. The molecule has 2 unspecified atom stereocenters. The van der Waals surface area contributed by atoms with Gasteiger partial charge < -0.3 is 4.90 Å². The van der Waals surface area contributed by atoms with E-state index < -0.39 is 19.5 Å². The molecule has 1 saturated heterocycles. The van der Waals surface area contributed by atoms with Crippen LogP contribution < -0.4 is 4.90 Å². The summed E-state index contributed by atoms with van der Waals surface area (Å²) in [7, 11) is 0. The van der Waals surface area contributed by atoms with Crippen molar-refractivity contribution in [2.24, 2.45) is 5.92 Å². The molecule has 0 aliphatic carbocycles. The van der Waals surface area contributed by atoms with E-state index in [0.717, 1.165) is 5.92 Å². The molecular weight excluding hydrogens is 502 g/mol. The fourth-order valence-corrected chi connectivity index (χ4v) is 3.94. The standard InChI is InChI=1S/C21H43N.6FH.Sb/c1-3-4-5-6-7-8-9-10-11-12-13-14-15-16-18-22-19-17-21(2)20-22;;;;;;;/h21H,3-20H2,1-2H3;6*1H;/q;;;;;;;+5/p-5. The predicted octanol–water partition coefficient (Wildman–Crippen LogP) is 7.53. The Morgan fingerprint density at radius 2 is 1.00 bits per heavy atom. The zero-order valence-corrected chi connectivity index (χ0v) is 21.1. The summed E-state index contributed by atoms with van der Waals surface area (Å²) in [5.41, 5.74) is 0. The number of hydrogen-bond acceptors (Lipinski definition) is 0. The number of quaternary nitrogens is 1. The van der Waals surface area contributed by atoms with Gasteiger partial charge in [0, 0.05) is 12.3 Å². The van der Waals surface area contributed by atoms with Crippen molar-refractivity contribution in [1.82, 2.24) is 0 Å². The van der Waals surface area contributed by atoms with E-state index in [9.17, 15) is 16.9 Å². The van der Waals surface area contributed by atoms with E-state index in [4.69, 9.17) is 0 Å². The normalized spacial score (nSPS) is 21.9. The van der Waals surface area contributed by atoms with Crippen LogP contribution in [0, 0.1) is 5.92 Å². The Bertz CT molecular complexity index is 387. The Labute approximate surface area is 176 Å². The minimum atomic E-state index is -11.2. The van der Waals surface area contributed by atoms with E-state index in [2.05, 4.69) is 13.8 Å². The predicted molar refractivity (Wildman–Crippen MR) is 112 cm³/mol. The Morgan fingerprint density at radius 1 is 0.655 bits per heavy atom. The van der Waals surface area contributed by atoms with Crippen LogP contribution in [0.2, 0.25) is 0 Å². The zero-order valence-electron chi connectivity index (χ0n) is 18.5. The van der Waals surface area contributed by atoms with Gasteiger partial charge in [-0.25, -0.2) is 0 Å². The van der Waals surface area contributed by atoms with Crippen LogP contribution in [0.1, 0.15) is 110 Å². The molecule has 8 heteroatoms. The summed E-state index contributed by atoms with van der Waals surface area (Å²) >= 11 is -11.2. The summed E-state index contributed by atoms with van der Waals surface area (Å²) in [6, 6.07) is 0. The second-order valence-corrected chi connectivity index (χ2v) is 14.4. The maximum absolute atomic E-state index is 11.2. The molecule has 0 aromatic rings. The molecule has 0 bridgehead atoms. The first-order valence-corrected chi connectivity index (χ1v) is 17.5. The molecule has 1 nitrogen and oxygen atoms in total. The molecule has 1 heterocycles. The van der Waals surface area contributed by atoms with Crippen LogP contribution >= 0.6 is 0 Å². The Kier molecular flexibility index (Phi) is 13.9. The van der Waals surface area contributed by atoms with Crippen LogP contribution in [-0.4, -0.2) is 39.1 Å². The zero-order chi connectivity index (χ0) is 22.3. The van der Waals surface area contributed by atoms with Crippen molar-refractivity contribution in [3.05, 3.63) is 0 Å². The number of rotatable bonds is 15. The summed E-state index contributed by atoms with van der Waals surface area (Å²) in [4.78, 5) is 1.88. The van der Waals surface area contributed by atoms with Crippen molar-refractivity contribution in [2.45, 2.75) is 110 Å². The Balaban J connectivity index is 0.000000956. The topological polar surface area (TPSA) is 4.44 Å². The van der Waals surface area contributed by atoms with Gasteiger partial charge in [0.15, 0.2) is 0 Å². The van der Waals surface area contributed by atoms with Gasteiger partial charge >= 0.3 is 36.4 Å². The third-order valence-electron chi connectivity index (χ3n) is 5.51. The number of hydrogen-bond donors (Lipinski definition) is 1. The van der Waals surface area contributed by atoms with Gasteiger partial charge in [-0.1, -0.05) is 90.9 Å². The van der Waals surface area contributed by atoms with E-state index in [1.54, 1.807) is 0 Å². The van der Waals surface area contributed by atoms with Gasteiger partial charge in [0.25, 0.3) is 0 Å². The summed E-state index contributed by atoms with van der Waals surface area (Å²) < 4.78 is 59.6. The molecule has 29 heavy (non-hydrogen) atoms. The van der Waals surface area contributed by atoms with Crippen LogP contribution in [0.25, 0.3) is 0 Å². The molecular formula is C21H44F6NSb. The fourth-order valence-electron chi connectivity index (χ4n) is 3.94.